The van der Waals surface area contributed by atoms with E-state index in [-0.39, 0.29) is 11.3 Å². The molecule has 0 fully saturated rings. The van der Waals surface area contributed by atoms with Crippen LogP contribution in [0.25, 0.3) is 0 Å². The monoisotopic (exact) mass is 438 g/mol. The number of hydrogen-bond donors (Lipinski definition) is 1. The van der Waals surface area contributed by atoms with Crippen molar-refractivity contribution in [2.24, 2.45) is 0 Å². The Hall–Kier alpha value is -2.29. The molecule has 0 heterocycles. The zero-order valence-electron chi connectivity index (χ0n) is 20.2. The molecule has 0 bridgehead atoms. The van der Waals surface area contributed by atoms with E-state index in [9.17, 15) is 9.90 Å². The third-order valence-corrected chi connectivity index (χ3v) is 6.05. The first-order valence-electron chi connectivity index (χ1n) is 12.8. The predicted octanol–water partition coefficient (Wildman–Crippen LogP) is 8.42. The van der Waals surface area contributed by atoms with Crippen molar-refractivity contribution in [2.45, 2.75) is 104 Å². The van der Waals surface area contributed by atoms with Crippen LogP contribution in [0, 0.1) is 0 Å². The highest BCUT2D eigenvalue weighted by atomic mass is 16.5. The highest BCUT2D eigenvalue weighted by Crippen LogP contribution is 2.23. The molecule has 0 saturated carbocycles. The van der Waals surface area contributed by atoms with Gasteiger partial charge in [0.2, 0.25) is 0 Å². The van der Waals surface area contributed by atoms with Gasteiger partial charge < -0.3 is 9.84 Å². The Labute approximate surface area is 195 Å². The molecule has 176 valence electrons. The average molecular weight is 439 g/mol. The smallest absolute Gasteiger partial charge is 0.347 e. The molecule has 2 aromatic carbocycles. The summed E-state index contributed by atoms with van der Waals surface area (Å²) in [6, 6.07) is 13.0. The molecule has 2 rings (SSSR count). The summed E-state index contributed by atoms with van der Waals surface area (Å²) in [6.45, 7) is 4.46. The van der Waals surface area contributed by atoms with Crippen LogP contribution < -0.4 is 4.74 Å². The minimum Gasteiger partial charge on any atom is -0.507 e. The van der Waals surface area contributed by atoms with Crippen LogP contribution in [0.3, 0.4) is 0 Å². The summed E-state index contributed by atoms with van der Waals surface area (Å²) < 4.78 is 5.53. The fourth-order valence-electron chi connectivity index (χ4n) is 4.01. The lowest BCUT2D eigenvalue weighted by molar-refractivity contribution is 0.0731. The van der Waals surface area contributed by atoms with Crippen molar-refractivity contribution in [3.63, 3.8) is 0 Å². The number of aromatic hydroxyl groups is 1. The molecule has 3 nitrogen and oxygen atoms in total. The summed E-state index contributed by atoms with van der Waals surface area (Å²) in [5, 5.41) is 10.2. The van der Waals surface area contributed by atoms with Crippen LogP contribution in [0.15, 0.2) is 42.5 Å². The van der Waals surface area contributed by atoms with E-state index < -0.39 is 5.97 Å². The minimum absolute atomic E-state index is 0.0265. The maximum Gasteiger partial charge on any atom is 0.347 e. The highest BCUT2D eigenvalue weighted by Gasteiger charge is 2.14. The van der Waals surface area contributed by atoms with E-state index in [0.29, 0.717) is 5.75 Å². The normalized spacial score (nSPS) is 10.9. The van der Waals surface area contributed by atoms with Crippen LogP contribution >= 0.6 is 0 Å². The van der Waals surface area contributed by atoms with Crippen LogP contribution in [0.1, 0.15) is 112 Å². The van der Waals surface area contributed by atoms with Gasteiger partial charge in [0.05, 0.1) is 0 Å². The Morgan fingerprint density at radius 3 is 1.78 bits per heavy atom. The van der Waals surface area contributed by atoms with Crippen molar-refractivity contribution in [3.8, 4) is 11.5 Å². The molecule has 2 aromatic rings. The Bertz CT molecular complexity index is 779. The fraction of sp³-hybridized carbons (Fsp3) is 0.552. The van der Waals surface area contributed by atoms with Gasteiger partial charge in [0.25, 0.3) is 0 Å². The number of carbonyl (C=O) groups excluding carboxylic acids is 1. The number of benzene rings is 2. The molecule has 0 amide bonds. The van der Waals surface area contributed by atoms with Crippen LogP contribution in [-0.2, 0) is 12.8 Å². The van der Waals surface area contributed by atoms with Gasteiger partial charge in [0.15, 0.2) is 0 Å². The lowest BCUT2D eigenvalue weighted by atomic mass is 10.0. The van der Waals surface area contributed by atoms with Crippen molar-refractivity contribution < 1.29 is 14.6 Å². The molecule has 0 aliphatic rings. The van der Waals surface area contributed by atoms with Gasteiger partial charge in [0, 0.05) is 0 Å². The van der Waals surface area contributed by atoms with E-state index in [4.69, 9.17) is 4.74 Å². The predicted molar refractivity (Wildman–Crippen MR) is 134 cm³/mol. The summed E-state index contributed by atoms with van der Waals surface area (Å²) in [6.07, 6.45) is 17.1. The second-order valence-electron chi connectivity index (χ2n) is 8.92. The number of phenolic OH excluding ortho intramolecular Hbond substituents is 1. The number of carbonyl (C=O) groups is 1. The second-order valence-corrected chi connectivity index (χ2v) is 8.92. The topological polar surface area (TPSA) is 46.5 Å². The van der Waals surface area contributed by atoms with Gasteiger partial charge in [-0.25, -0.2) is 4.79 Å². The van der Waals surface area contributed by atoms with E-state index in [0.717, 1.165) is 24.8 Å². The lowest BCUT2D eigenvalue weighted by Crippen LogP contribution is -2.09. The Morgan fingerprint density at radius 2 is 1.19 bits per heavy atom. The van der Waals surface area contributed by atoms with Crippen molar-refractivity contribution in [1.82, 2.24) is 0 Å². The number of phenols is 1. The SMILES string of the molecule is CCCCCCCCc1ccc(OC(=O)c2cc(CCCCCCCC)ccc2O)cc1. The van der Waals surface area contributed by atoms with E-state index in [1.165, 1.54) is 76.2 Å². The van der Waals surface area contributed by atoms with E-state index >= 15 is 0 Å². The van der Waals surface area contributed by atoms with Gasteiger partial charge in [-0.05, 0) is 61.1 Å². The first kappa shape index (κ1) is 26.0. The number of ether oxygens (including phenoxy) is 1. The van der Waals surface area contributed by atoms with Gasteiger partial charge in [-0.3, -0.25) is 0 Å². The number of rotatable bonds is 16. The molecular formula is C29H42O3. The van der Waals surface area contributed by atoms with Crippen LogP contribution in [0.4, 0.5) is 0 Å². The van der Waals surface area contributed by atoms with Crippen LogP contribution in [0.2, 0.25) is 0 Å². The molecule has 3 heteroatoms. The van der Waals surface area contributed by atoms with E-state index in [2.05, 4.69) is 13.8 Å². The van der Waals surface area contributed by atoms with Crippen molar-refractivity contribution in [2.75, 3.05) is 0 Å². The van der Waals surface area contributed by atoms with E-state index in [1.54, 1.807) is 12.1 Å². The maximum atomic E-state index is 12.6. The molecule has 0 aromatic heterocycles. The van der Waals surface area contributed by atoms with Gasteiger partial charge in [-0.2, -0.15) is 0 Å². The Balaban J connectivity index is 1.81. The van der Waals surface area contributed by atoms with Crippen LogP contribution in [0.5, 0.6) is 11.5 Å². The zero-order valence-corrected chi connectivity index (χ0v) is 20.2. The molecular weight excluding hydrogens is 396 g/mol. The van der Waals surface area contributed by atoms with Gasteiger partial charge in [-0.1, -0.05) is 96.3 Å². The molecule has 0 atom stereocenters. The molecule has 1 N–H and O–H groups in total. The number of unbranched alkanes of at least 4 members (excludes halogenated alkanes) is 10. The molecule has 0 saturated heterocycles. The molecule has 0 unspecified atom stereocenters. The van der Waals surface area contributed by atoms with E-state index in [1.807, 2.05) is 30.3 Å². The molecule has 0 spiro atoms. The van der Waals surface area contributed by atoms with Crippen molar-refractivity contribution in [3.05, 3.63) is 59.2 Å². The largest absolute Gasteiger partial charge is 0.507 e. The average Bonchev–Trinajstić information content (AvgIpc) is 2.80. The lowest BCUT2D eigenvalue weighted by Gasteiger charge is -2.09. The maximum absolute atomic E-state index is 12.6. The van der Waals surface area contributed by atoms with Crippen LogP contribution in [-0.4, -0.2) is 11.1 Å². The number of hydrogen-bond acceptors (Lipinski definition) is 3. The van der Waals surface area contributed by atoms with Gasteiger partial charge >= 0.3 is 5.97 Å². The zero-order chi connectivity index (χ0) is 23.0. The standard InChI is InChI=1S/C29H42O3/c1-3-5-7-9-11-13-15-24-17-20-26(21-18-24)32-29(31)27-23-25(19-22-28(27)30)16-14-12-10-8-6-4-2/h17-23,30H,3-16H2,1-2H3. The number of aryl methyl sites for hydroxylation is 2. The Kier molecular flexibility index (Phi) is 12.6. The van der Waals surface area contributed by atoms with Crippen molar-refractivity contribution in [1.29, 1.82) is 0 Å². The molecule has 0 aliphatic heterocycles. The summed E-state index contributed by atoms with van der Waals surface area (Å²) in [5.74, 6) is -0.0141. The summed E-state index contributed by atoms with van der Waals surface area (Å²) in [4.78, 5) is 12.6. The third-order valence-electron chi connectivity index (χ3n) is 6.05. The van der Waals surface area contributed by atoms with Gasteiger partial charge in [-0.15, -0.1) is 0 Å². The first-order valence-corrected chi connectivity index (χ1v) is 12.8. The van der Waals surface area contributed by atoms with Crippen molar-refractivity contribution >= 4 is 5.97 Å². The Morgan fingerprint density at radius 1 is 0.688 bits per heavy atom. The van der Waals surface area contributed by atoms with Gasteiger partial charge in [0.1, 0.15) is 17.1 Å². The summed E-state index contributed by atoms with van der Waals surface area (Å²) >= 11 is 0. The quantitative estimate of drug-likeness (QED) is 0.162. The minimum atomic E-state index is -0.504. The molecule has 32 heavy (non-hydrogen) atoms. The molecule has 0 radical (unpaired) electrons. The molecule has 0 aliphatic carbocycles. The summed E-state index contributed by atoms with van der Waals surface area (Å²) in [7, 11) is 0. The fourth-order valence-corrected chi connectivity index (χ4v) is 4.01. The summed E-state index contributed by atoms with van der Waals surface area (Å²) in [5.41, 5.74) is 2.58. The first-order chi connectivity index (χ1) is 15.6. The highest BCUT2D eigenvalue weighted by molar-refractivity contribution is 5.94. The third kappa shape index (κ3) is 9.89. The number of esters is 1. The second kappa shape index (κ2) is 15.5.